The van der Waals surface area contributed by atoms with E-state index >= 15 is 0 Å². The molecule has 0 aliphatic rings. The van der Waals surface area contributed by atoms with Crippen LogP contribution in [0.2, 0.25) is 0 Å². The van der Waals surface area contributed by atoms with E-state index in [0.29, 0.717) is 25.1 Å². The van der Waals surface area contributed by atoms with E-state index in [9.17, 15) is 9.59 Å². The largest absolute Gasteiger partial charge is 0.380 e. The lowest BCUT2D eigenvalue weighted by Crippen LogP contribution is -2.27. The van der Waals surface area contributed by atoms with Crippen molar-refractivity contribution in [3.05, 3.63) is 63.5 Å². The van der Waals surface area contributed by atoms with E-state index in [1.165, 1.54) is 22.2 Å². The maximum Gasteiger partial charge on any atom is 0.262 e. The maximum atomic E-state index is 12.3. The standard InChI is InChI=1S/C18H19N3O3S/c1-24-11-14-5-3-2-4-13(14)10-19-16(22)6-8-21-12-20-17-15(18(21)23)7-9-25-17/h2-5,7,9,12H,6,8,10-11H2,1H3,(H,19,22). The van der Waals surface area contributed by atoms with Gasteiger partial charge in [-0.15, -0.1) is 11.3 Å². The van der Waals surface area contributed by atoms with E-state index in [0.717, 1.165) is 16.0 Å². The number of hydrogen-bond acceptors (Lipinski definition) is 5. The maximum absolute atomic E-state index is 12.3. The summed E-state index contributed by atoms with van der Waals surface area (Å²) in [5.41, 5.74) is 1.97. The second-order valence-corrected chi connectivity index (χ2v) is 6.51. The molecule has 0 saturated heterocycles. The fourth-order valence-corrected chi connectivity index (χ4v) is 3.31. The van der Waals surface area contributed by atoms with Crippen molar-refractivity contribution in [1.82, 2.24) is 14.9 Å². The molecule has 0 spiro atoms. The molecule has 0 bridgehead atoms. The Morgan fingerprint density at radius 2 is 2.08 bits per heavy atom. The number of carbonyl (C=O) groups excluding carboxylic acids is 1. The average molecular weight is 357 g/mol. The Morgan fingerprint density at radius 1 is 1.28 bits per heavy atom. The minimum absolute atomic E-state index is 0.107. The molecule has 3 rings (SSSR count). The summed E-state index contributed by atoms with van der Waals surface area (Å²) in [6.45, 7) is 1.26. The first-order chi connectivity index (χ1) is 12.2. The van der Waals surface area contributed by atoms with Crippen LogP contribution in [0.15, 0.2) is 46.8 Å². The van der Waals surface area contributed by atoms with Gasteiger partial charge in [-0.1, -0.05) is 24.3 Å². The molecule has 7 heteroatoms. The zero-order valence-electron chi connectivity index (χ0n) is 13.9. The second kappa shape index (κ2) is 8.04. The monoisotopic (exact) mass is 357 g/mol. The predicted molar refractivity (Wildman–Crippen MR) is 97.5 cm³/mol. The molecule has 0 aliphatic carbocycles. The van der Waals surface area contributed by atoms with Crippen LogP contribution in [0.5, 0.6) is 0 Å². The SMILES string of the molecule is COCc1ccccc1CNC(=O)CCn1cnc2sccc2c1=O. The number of hydrogen-bond donors (Lipinski definition) is 1. The van der Waals surface area contributed by atoms with E-state index in [1.807, 2.05) is 29.6 Å². The minimum Gasteiger partial charge on any atom is -0.380 e. The molecule has 0 unspecified atom stereocenters. The Hall–Kier alpha value is -2.51. The van der Waals surface area contributed by atoms with Gasteiger partial charge in [-0.2, -0.15) is 0 Å². The molecule has 130 valence electrons. The molecule has 25 heavy (non-hydrogen) atoms. The number of thiophene rings is 1. The molecule has 0 atom stereocenters. The van der Waals surface area contributed by atoms with Gasteiger partial charge in [0, 0.05) is 26.6 Å². The summed E-state index contributed by atoms with van der Waals surface area (Å²) in [7, 11) is 1.64. The highest BCUT2D eigenvalue weighted by Crippen LogP contribution is 2.13. The average Bonchev–Trinajstić information content (AvgIpc) is 3.10. The Bertz CT molecular complexity index is 932. The van der Waals surface area contributed by atoms with Crippen LogP contribution in [-0.4, -0.2) is 22.6 Å². The van der Waals surface area contributed by atoms with Crippen LogP contribution in [-0.2, 0) is 29.2 Å². The number of benzene rings is 1. The summed E-state index contributed by atoms with van der Waals surface area (Å²) in [5, 5.41) is 5.33. The Balaban J connectivity index is 1.58. The highest BCUT2D eigenvalue weighted by Gasteiger charge is 2.08. The van der Waals surface area contributed by atoms with Crippen LogP contribution in [0, 0.1) is 0 Å². The van der Waals surface area contributed by atoms with Crippen molar-refractivity contribution >= 4 is 27.5 Å². The molecule has 3 aromatic rings. The number of ether oxygens (including phenoxy) is 1. The van der Waals surface area contributed by atoms with Crippen LogP contribution in [0.1, 0.15) is 17.5 Å². The number of aryl methyl sites for hydroxylation is 1. The van der Waals surface area contributed by atoms with E-state index in [2.05, 4.69) is 10.3 Å². The van der Waals surface area contributed by atoms with Crippen LogP contribution in [0.25, 0.3) is 10.2 Å². The number of rotatable bonds is 7. The summed E-state index contributed by atoms with van der Waals surface area (Å²) < 4.78 is 6.65. The summed E-state index contributed by atoms with van der Waals surface area (Å²) >= 11 is 1.43. The lowest BCUT2D eigenvalue weighted by molar-refractivity contribution is -0.121. The van der Waals surface area contributed by atoms with Gasteiger partial charge in [-0.25, -0.2) is 4.98 Å². The van der Waals surface area contributed by atoms with Crippen molar-refractivity contribution in [3.63, 3.8) is 0 Å². The quantitative estimate of drug-likeness (QED) is 0.704. The van der Waals surface area contributed by atoms with Gasteiger partial charge in [0.2, 0.25) is 5.91 Å². The first kappa shape index (κ1) is 17.3. The zero-order chi connectivity index (χ0) is 17.6. The number of aromatic nitrogens is 2. The van der Waals surface area contributed by atoms with Gasteiger partial charge in [0.1, 0.15) is 4.83 Å². The number of amides is 1. The first-order valence-corrected chi connectivity index (χ1v) is 8.82. The van der Waals surface area contributed by atoms with Crippen LogP contribution in [0.4, 0.5) is 0 Å². The number of nitrogens with one attached hydrogen (secondary N) is 1. The van der Waals surface area contributed by atoms with Gasteiger partial charge < -0.3 is 10.1 Å². The van der Waals surface area contributed by atoms with Crippen molar-refractivity contribution in [3.8, 4) is 0 Å². The van der Waals surface area contributed by atoms with Crippen LogP contribution >= 0.6 is 11.3 Å². The molecular weight excluding hydrogens is 338 g/mol. The van der Waals surface area contributed by atoms with Gasteiger partial charge in [0.15, 0.2) is 0 Å². The third kappa shape index (κ3) is 4.12. The second-order valence-electron chi connectivity index (χ2n) is 5.61. The lowest BCUT2D eigenvalue weighted by Gasteiger charge is -2.10. The smallest absolute Gasteiger partial charge is 0.262 e. The third-order valence-corrected chi connectivity index (χ3v) is 4.75. The Labute approximate surface area is 149 Å². The lowest BCUT2D eigenvalue weighted by atomic mass is 10.1. The van der Waals surface area contributed by atoms with Gasteiger partial charge >= 0.3 is 0 Å². The van der Waals surface area contributed by atoms with E-state index in [-0.39, 0.29) is 17.9 Å². The van der Waals surface area contributed by atoms with Crippen molar-refractivity contribution in [2.24, 2.45) is 0 Å². The third-order valence-electron chi connectivity index (χ3n) is 3.92. The number of fused-ring (bicyclic) bond motifs is 1. The fourth-order valence-electron chi connectivity index (χ4n) is 2.58. The summed E-state index contributed by atoms with van der Waals surface area (Å²) in [6, 6.07) is 9.58. The van der Waals surface area contributed by atoms with Crippen molar-refractivity contribution in [2.45, 2.75) is 26.1 Å². The number of methoxy groups -OCH3 is 1. The Morgan fingerprint density at radius 3 is 2.88 bits per heavy atom. The normalized spacial score (nSPS) is 10.9. The molecule has 0 aliphatic heterocycles. The summed E-state index contributed by atoms with van der Waals surface area (Å²) in [6.07, 6.45) is 1.73. The molecule has 1 aromatic carbocycles. The zero-order valence-corrected chi connectivity index (χ0v) is 14.7. The highest BCUT2D eigenvalue weighted by atomic mass is 32.1. The van der Waals surface area contributed by atoms with Crippen molar-refractivity contribution < 1.29 is 9.53 Å². The molecule has 0 fully saturated rings. The van der Waals surface area contributed by atoms with Gasteiger partial charge in [-0.05, 0) is 22.6 Å². The summed E-state index contributed by atoms with van der Waals surface area (Å²) in [5.74, 6) is -0.107. The van der Waals surface area contributed by atoms with Crippen LogP contribution in [0.3, 0.4) is 0 Å². The molecule has 2 heterocycles. The van der Waals surface area contributed by atoms with E-state index < -0.39 is 0 Å². The molecule has 0 radical (unpaired) electrons. The topological polar surface area (TPSA) is 73.2 Å². The number of carbonyl (C=O) groups is 1. The Kier molecular flexibility index (Phi) is 5.57. The van der Waals surface area contributed by atoms with Crippen molar-refractivity contribution in [2.75, 3.05) is 7.11 Å². The molecule has 1 amide bonds. The van der Waals surface area contributed by atoms with E-state index in [1.54, 1.807) is 13.2 Å². The predicted octanol–water partition coefficient (Wildman–Crippen LogP) is 2.31. The molecule has 6 nitrogen and oxygen atoms in total. The van der Waals surface area contributed by atoms with Gasteiger partial charge in [0.25, 0.3) is 5.56 Å². The molecule has 0 saturated carbocycles. The molecule has 2 aromatic heterocycles. The van der Waals surface area contributed by atoms with E-state index in [4.69, 9.17) is 4.74 Å². The molecular formula is C18H19N3O3S. The minimum atomic E-state index is -0.107. The summed E-state index contributed by atoms with van der Waals surface area (Å²) in [4.78, 5) is 29.4. The first-order valence-electron chi connectivity index (χ1n) is 7.94. The van der Waals surface area contributed by atoms with Gasteiger partial charge in [0.05, 0.1) is 18.3 Å². The van der Waals surface area contributed by atoms with Crippen LogP contribution < -0.4 is 10.9 Å². The fraction of sp³-hybridized carbons (Fsp3) is 0.278. The van der Waals surface area contributed by atoms with Gasteiger partial charge in [-0.3, -0.25) is 14.2 Å². The highest BCUT2D eigenvalue weighted by molar-refractivity contribution is 7.16. The number of nitrogens with zero attached hydrogens (tertiary/aromatic N) is 2. The molecule has 1 N–H and O–H groups in total. The van der Waals surface area contributed by atoms with Crippen molar-refractivity contribution in [1.29, 1.82) is 0 Å².